The summed E-state index contributed by atoms with van der Waals surface area (Å²) in [5.74, 6) is 0. The molecular weight excluding hydrogens is 220 g/mol. The first-order valence-electron chi connectivity index (χ1n) is 5.03. The van der Waals surface area contributed by atoms with E-state index in [0.717, 1.165) is 19.4 Å². The van der Waals surface area contributed by atoms with Gasteiger partial charge in [0.25, 0.3) is 0 Å². The van der Waals surface area contributed by atoms with E-state index in [1.54, 1.807) is 0 Å². The second kappa shape index (κ2) is 9.22. The van der Waals surface area contributed by atoms with E-state index >= 15 is 0 Å². The van der Waals surface area contributed by atoms with Crippen molar-refractivity contribution < 1.29 is 28.3 Å². The minimum atomic E-state index is -4.35. The van der Waals surface area contributed by atoms with Crippen molar-refractivity contribution in [2.24, 2.45) is 0 Å². The molecule has 0 rings (SSSR count). The molecule has 0 radical (unpaired) electrons. The molecule has 0 saturated heterocycles. The molecule has 0 bridgehead atoms. The second-order valence-electron chi connectivity index (χ2n) is 3.00. The minimum absolute atomic E-state index is 0.0370. The summed E-state index contributed by atoms with van der Waals surface area (Å²) >= 11 is 0. The van der Waals surface area contributed by atoms with Crippen molar-refractivity contribution in [2.45, 2.75) is 19.8 Å². The molecule has 0 aliphatic carbocycles. The Bertz CT molecular complexity index is 138. The highest BCUT2D eigenvalue weighted by atomic mass is 28.4. The van der Waals surface area contributed by atoms with Gasteiger partial charge in [0, 0.05) is 6.61 Å². The SMILES string of the molecule is CCCCOCCOCCO[Si](O)(O)O. The van der Waals surface area contributed by atoms with Crippen LogP contribution in [0.5, 0.6) is 0 Å². The van der Waals surface area contributed by atoms with E-state index in [0.29, 0.717) is 13.2 Å². The summed E-state index contributed by atoms with van der Waals surface area (Å²) in [5.41, 5.74) is 0. The molecule has 7 heteroatoms. The zero-order valence-electron chi connectivity index (χ0n) is 9.02. The Morgan fingerprint density at radius 1 is 0.867 bits per heavy atom. The molecule has 0 aliphatic rings. The van der Waals surface area contributed by atoms with Crippen LogP contribution in [0.15, 0.2) is 0 Å². The fourth-order valence-corrected chi connectivity index (χ4v) is 1.16. The van der Waals surface area contributed by atoms with E-state index in [1.165, 1.54) is 0 Å². The molecule has 0 aromatic rings. The highest BCUT2D eigenvalue weighted by molar-refractivity contribution is 6.48. The number of ether oxygens (including phenoxy) is 2. The maximum Gasteiger partial charge on any atom is 0.671 e. The molecule has 0 saturated carbocycles. The normalized spacial score (nSPS) is 12.0. The number of rotatable bonds is 10. The lowest BCUT2D eigenvalue weighted by molar-refractivity contribution is 0.00736. The fourth-order valence-electron chi connectivity index (χ4n) is 0.806. The maximum absolute atomic E-state index is 8.46. The van der Waals surface area contributed by atoms with E-state index in [-0.39, 0.29) is 13.2 Å². The summed E-state index contributed by atoms with van der Waals surface area (Å²) in [6.07, 6.45) is 2.14. The van der Waals surface area contributed by atoms with Crippen LogP contribution in [-0.2, 0) is 13.9 Å². The largest absolute Gasteiger partial charge is 0.671 e. The molecular formula is C8H20O6Si. The summed E-state index contributed by atoms with van der Waals surface area (Å²) in [4.78, 5) is 25.4. The first-order valence-corrected chi connectivity index (χ1v) is 6.78. The van der Waals surface area contributed by atoms with Crippen molar-refractivity contribution >= 4 is 9.05 Å². The van der Waals surface area contributed by atoms with Crippen LogP contribution in [0.4, 0.5) is 0 Å². The van der Waals surface area contributed by atoms with Crippen LogP contribution in [-0.4, -0.2) is 56.5 Å². The molecule has 6 nitrogen and oxygen atoms in total. The topological polar surface area (TPSA) is 88.4 Å². The second-order valence-corrected chi connectivity index (χ2v) is 4.44. The predicted octanol–water partition coefficient (Wildman–Crippen LogP) is -0.751. The Morgan fingerprint density at radius 2 is 1.40 bits per heavy atom. The molecule has 0 fully saturated rings. The van der Waals surface area contributed by atoms with Gasteiger partial charge in [-0.15, -0.1) is 0 Å². The monoisotopic (exact) mass is 240 g/mol. The van der Waals surface area contributed by atoms with Crippen molar-refractivity contribution in [3.63, 3.8) is 0 Å². The van der Waals surface area contributed by atoms with Gasteiger partial charge in [-0.2, -0.15) is 0 Å². The third-order valence-electron chi connectivity index (χ3n) is 1.54. The van der Waals surface area contributed by atoms with E-state index < -0.39 is 9.05 Å². The lowest BCUT2D eigenvalue weighted by Crippen LogP contribution is -2.39. The number of hydrogen-bond acceptors (Lipinski definition) is 6. The number of unbranched alkanes of at least 4 members (excludes halogenated alkanes) is 1. The van der Waals surface area contributed by atoms with Crippen molar-refractivity contribution in [3.05, 3.63) is 0 Å². The van der Waals surface area contributed by atoms with Crippen LogP contribution in [0, 0.1) is 0 Å². The molecule has 0 spiro atoms. The van der Waals surface area contributed by atoms with Gasteiger partial charge in [-0.05, 0) is 6.42 Å². The first-order chi connectivity index (χ1) is 7.06. The van der Waals surface area contributed by atoms with Gasteiger partial charge in [0.15, 0.2) is 0 Å². The summed E-state index contributed by atoms with van der Waals surface area (Å²) in [5, 5.41) is 0. The van der Waals surface area contributed by atoms with Crippen LogP contribution in [0.3, 0.4) is 0 Å². The lowest BCUT2D eigenvalue weighted by Gasteiger charge is -2.10. The van der Waals surface area contributed by atoms with Crippen LogP contribution < -0.4 is 0 Å². The zero-order chi connectivity index (χ0) is 11.6. The molecule has 0 atom stereocenters. The van der Waals surface area contributed by atoms with Gasteiger partial charge in [0.2, 0.25) is 0 Å². The quantitative estimate of drug-likeness (QED) is 0.344. The van der Waals surface area contributed by atoms with Crippen LogP contribution in [0.1, 0.15) is 19.8 Å². The molecule has 0 amide bonds. The third-order valence-corrected chi connectivity index (χ3v) is 2.13. The average Bonchev–Trinajstić information content (AvgIpc) is 2.14. The molecule has 0 aromatic carbocycles. The summed E-state index contributed by atoms with van der Waals surface area (Å²) < 4.78 is 14.6. The molecule has 0 aliphatic heterocycles. The molecule has 0 heterocycles. The van der Waals surface area contributed by atoms with Gasteiger partial charge in [-0.1, -0.05) is 13.3 Å². The van der Waals surface area contributed by atoms with E-state index in [2.05, 4.69) is 11.3 Å². The fraction of sp³-hybridized carbons (Fsp3) is 1.00. The van der Waals surface area contributed by atoms with Gasteiger partial charge in [0.05, 0.1) is 26.4 Å². The Balaban J connectivity index is 2.99. The Labute approximate surface area is 90.9 Å². The number of hydrogen-bond donors (Lipinski definition) is 3. The molecule has 92 valence electrons. The summed E-state index contributed by atoms with van der Waals surface area (Å²) in [7, 11) is -4.35. The molecule has 3 N–H and O–H groups in total. The highest BCUT2D eigenvalue weighted by Crippen LogP contribution is 1.90. The van der Waals surface area contributed by atoms with Gasteiger partial charge in [-0.3, -0.25) is 0 Å². The molecule has 0 unspecified atom stereocenters. The Kier molecular flexibility index (Phi) is 9.21. The molecule has 15 heavy (non-hydrogen) atoms. The Morgan fingerprint density at radius 3 is 1.93 bits per heavy atom. The molecule has 0 aromatic heterocycles. The van der Waals surface area contributed by atoms with E-state index in [4.69, 9.17) is 23.9 Å². The van der Waals surface area contributed by atoms with Crippen LogP contribution >= 0.6 is 0 Å². The van der Waals surface area contributed by atoms with E-state index in [9.17, 15) is 0 Å². The summed E-state index contributed by atoms with van der Waals surface area (Å²) in [6.45, 7) is 3.93. The third kappa shape index (κ3) is 14.0. The zero-order valence-corrected chi connectivity index (χ0v) is 10.0. The van der Waals surface area contributed by atoms with Gasteiger partial charge >= 0.3 is 9.05 Å². The maximum atomic E-state index is 8.46. The smallest absolute Gasteiger partial charge is 0.379 e. The van der Waals surface area contributed by atoms with Crippen molar-refractivity contribution in [2.75, 3.05) is 33.0 Å². The highest BCUT2D eigenvalue weighted by Gasteiger charge is 2.29. The van der Waals surface area contributed by atoms with Gasteiger partial charge in [-0.25, -0.2) is 0 Å². The van der Waals surface area contributed by atoms with Gasteiger partial charge in [0.1, 0.15) is 0 Å². The van der Waals surface area contributed by atoms with Crippen molar-refractivity contribution in [1.82, 2.24) is 0 Å². The predicted molar refractivity (Wildman–Crippen MR) is 54.9 cm³/mol. The average molecular weight is 240 g/mol. The van der Waals surface area contributed by atoms with Crippen molar-refractivity contribution in [1.29, 1.82) is 0 Å². The minimum Gasteiger partial charge on any atom is -0.379 e. The Hall–Kier alpha value is -0.0231. The van der Waals surface area contributed by atoms with Crippen molar-refractivity contribution in [3.8, 4) is 0 Å². The van der Waals surface area contributed by atoms with Crippen LogP contribution in [0.25, 0.3) is 0 Å². The summed E-state index contributed by atoms with van der Waals surface area (Å²) in [6, 6.07) is 0. The van der Waals surface area contributed by atoms with Gasteiger partial charge < -0.3 is 28.3 Å². The van der Waals surface area contributed by atoms with Crippen LogP contribution in [0.2, 0.25) is 0 Å². The standard InChI is InChI=1S/C8H20O6Si/c1-2-3-4-12-5-6-13-7-8-14-15(9,10)11/h9-11H,2-8H2,1H3. The first kappa shape index (κ1) is 15.0. The lowest BCUT2D eigenvalue weighted by atomic mass is 10.4. The van der Waals surface area contributed by atoms with E-state index in [1.807, 2.05) is 0 Å².